The van der Waals surface area contributed by atoms with Gasteiger partial charge in [0.05, 0.1) is 18.0 Å². The van der Waals surface area contributed by atoms with E-state index in [2.05, 4.69) is 10.6 Å². The van der Waals surface area contributed by atoms with Crippen molar-refractivity contribution in [3.63, 3.8) is 0 Å². The van der Waals surface area contributed by atoms with Crippen LogP contribution in [-0.2, 0) is 9.59 Å². The predicted octanol–water partition coefficient (Wildman–Crippen LogP) is 4.42. The third-order valence-electron chi connectivity index (χ3n) is 5.44. The van der Waals surface area contributed by atoms with E-state index in [1.54, 1.807) is 48.5 Å². The first kappa shape index (κ1) is 22.8. The van der Waals surface area contributed by atoms with E-state index in [1.807, 2.05) is 38.1 Å². The summed E-state index contributed by atoms with van der Waals surface area (Å²) < 4.78 is 5.42. The Morgan fingerprint density at radius 1 is 0.912 bits per heavy atom. The van der Waals surface area contributed by atoms with E-state index < -0.39 is 6.03 Å². The first-order chi connectivity index (χ1) is 16.5. The van der Waals surface area contributed by atoms with Crippen LogP contribution in [0, 0.1) is 6.92 Å². The molecule has 8 nitrogen and oxygen atoms in total. The molecule has 8 heteroatoms. The number of hydrogen-bond donors (Lipinski definition) is 2. The molecule has 1 aliphatic rings. The fourth-order valence-corrected chi connectivity index (χ4v) is 3.75. The van der Waals surface area contributed by atoms with Crippen molar-refractivity contribution in [3.8, 4) is 5.75 Å². The van der Waals surface area contributed by atoms with Gasteiger partial charge in [0.15, 0.2) is 0 Å². The van der Waals surface area contributed by atoms with Gasteiger partial charge < -0.3 is 15.4 Å². The van der Waals surface area contributed by atoms with Gasteiger partial charge in [-0.15, -0.1) is 0 Å². The van der Waals surface area contributed by atoms with Crippen molar-refractivity contribution in [1.29, 1.82) is 0 Å². The van der Waals surface area contributed by atoms with E-state index >= 15 is 0 Å². The number of rotatable bonds is 6. The zero-order valence-corrected chi connectivity index (χ0v) is 19.1. The zero-order valence-electron chi connectivity index (χ0n) is 19.1. The number of urea groups is 1. The van der Waals surface area contributed by atoms with Crippen molar-refractivity contribution in [1.82, 2.24) is 0 Å². The monoisotopic (exact) mass is 458 g/mol. The molecule has 0 unspecified atom stereocenters. The highest BCUT2D eigenvalue weighted by molar-refractivity contribution is 6.15. The quantitative estimate of drug-likeness (QED) is 0.572. The van der Waals surface area contributed by atoms with Crippen LogP contribution in [0.2, 0.25) is 0 Å². The van der Waals surface area contributed by atoms with Gasteiger partial charge >= 0.3 is 6.03 Å². The summed E-state index contributed by atoms with van der Waals surface area (Å²) in [4.78, 5) is 41.5. The number of carbonyl (C=O) groups is 3. The predicted molar refractivity (Wildman–Crippen MR) is 133 cm³/mol. The lowest BCUT2D eigenvalue weighted by Gasteiger charge is -2.35. The second-order valence-corrected chi connectivity index (χ2v) is 7.81. The van der Waals surface area contributed by atoms with Crippen LogP contribution in [0.1, 0.15) is 12.5 Å². The van der Waals surface area contributed by atoms with E-state index in [1.165, 1.54) is 9.80 Å². The van der Waals surface area contributed by atoms with Crippen molar-refractivity contribution in [2.75, 3.05) is 40.1 Å². The average molecular weight is 459 g/mol. The van der Waals surface area contributed by atoms with Gasteiger partial charge in [-0.25, -0.2) is 4.79 Å². The normalized spacial score (nSPS) is 12.7. The summed E-state index contributed by atoms with van der Waals surface area (Å²) in [6.07, 6.45) is 0. The van der Waals surface area contributed by atoms with Crippen molar-refractivity contribution in [2.45, 2.75) is 13.8 Å². The summed E-state index contributed by atoms with van der Waals surface area (Å²) in [5.74, 6) is 0.0452. The standard InChI is InChI=1S/C26H26N4O4/c1-3-34-20-14-12-19(13-15-20)27-26(33)30-17-25(32)29(22-10-6-7-11-23(22)30)16-24(31)28-21-9-5-4-8-18(21)2/h4-15H,3,16-17H2,1-2H3,(H,27,33)(H,28,31). The van der Waals surface area contributed by atoms with Crippen LogP contribution < -0.4 is 25.2 Å². The number of nitrogens with one attached hydrogen (secondary N) is 2. The second kappa shape index (κ2) is 10.1. The van der Waals surface area contributed by atoms with Crippen LogP contribution in [-0.4, -0.2) is 37.5 Å². The van der Waals surface area contributed by atoms with Crippen LogP contribution in [0.5, 0.6) is 5.75 Å². The Hall–Kier alpha value is -4.33. The highest BCUT2D eigenvalue weighted by Gasteiger charge is 2.33. The summed E-state index contributed by atoms with van der Waals surface area (Å²) >= 11 is 0. The van der Waals surface area contributed by atoms with Crippen LogP contribution in [0.15, 0.2) is 72.8 Å². The first-order valence-electron chi connectivity index (χ1n) is 11.0. The molecule has 174 valence electrons. The zero-order chi connectivity index (χ0) is 24.1. The number of ether oxygens (including phenoxy) is 1. The molecule has 1 aliphatic heterocycles. The van der Waals surface area contributed by atoms with Crippen molar-refractivity contribution >= 4 is 40.6 Å². The van der Waals surface area contributed by atoms with Crippen LogP contribution in [0.4, 0.5) is 27.5 Å². The lowest BCUT2D eigenvalue weighted by atomic mass is 10.1. The van der Waals surface area contributed by atoms with Gasteiger partial charge in [-0.1, -0.05) is 30.3 Å². The number of nitrogens with zero attached hydrogens (tertiary/aromatic N) is 2. The maximum atomic E-state index is 13.0. The molecule has 1 heterocycles. The summed E-state index contributed by atoms with van der Waals surface area (Å²) in [5.41, 5.74) is 3.26. The van der Waals surface area contributed by atoms with Gasteiger partial charge in [0.2, 0.25) is 11.8 Å². The molecule has 0 aromatic heterocycles. The van der Waals surface area contributed by atoms with Gasteiger partial charge in [0, 0.05) is 11.4 Å². The van der Waals surface area contributed by atoms with Crippen molar-refractivity contribution < 1.29 is 19.1 Å². The third-order valence-corrected chi connectivity index (χ3v) is 5.44. The highest BCUT2D eigenvalue weighted by atomic mass is 16.5. The molecule has 0 saturated carbocycles. The summed E-state index contributed by atoms with van der Waals surface area (Å²) in [6.45, 7) is 4.02. The third kappa shape index (κ3) is 5.01. The van der Waals surface area contributed by atoms with Crippen LogP contribution in [0.3, 0.4) is 0 Å². The number of fused-ring (bicyclic) bond motifs is 1. The van der Waals surface area contributed by atoms with E-state index in [-0.39, 0.29) is 24.9 Å². The molecule has 0 fully saturated rings. The Labute approximate surface area is 198 Å². The van der Waals surface area contributed by atoms with E-state index in [9.17, 15) is 14.4 Å². The molecule has 0 spiro atoms. The van der Waals surface area contributed by atoms with Crippen LogP contribution >= 0.6 is 0 Å². The molecule has 34 heavy (non-hydrogen) atoms. The van der Waals surface area contributed by atoms with Gasteiger partial charge in [-0.2, -0.15) is 0 Å². The summed E-state index contributed by atoms with van der Waals surface area (Å²) in [6, 6.07) is 21.1. The van der Waals surface area contributed by atoms with E-state index in [4.69, 9.17) is 4.74 Å². The number of anilines is 4. The molecule has 4 rings (SSSR count). The van der Waals surface area contributed by atoms with E-state index in [0.717, 1.165) is 5.56 Å². The summed E-state index contributed by atoms with van der Waals surface area (Å²) in [5, 5.41) is 5.67. The topological polar surface area (TPSA) is 91.0 Å². The highest BCUT2D eigenvalue weighted by Crippen LogP contribution is 2.34. The molecule has 0 radical (unpaired) electrons. The van der Waals surface area contributed by atoms with Gasteiger partial charge in [-0.3, -0.25) is 19.4 Å². The fraction of sp³-hybridized carbons (Fsp3) is 0.192. The Morgan fingerprint density at radius 3 is 2.29 bits per heavy atom. The van der Waals surface area contributed by atoms with Crippen LogP contribution in [0.25, 0.3) is 0 Å². The smallest absolute Gasteiger partial charge is 0.326 e. The Balaban J connectivity index is 1.50. The van der Waals surface area contributed by atoms with Crippen molar-refractivity contribution in [3.05, 3.63) is 78.4 Å². The van der Waals surface area contributed by atoms with E-state index in [0.29, 0.717) is 35.1 Å². The molecule has 0 saturated heterocycles. The van der Waals surface area contributed by atoms with Gasteiger partial charge in [0.1, 0.15) is 18.8 Å². The second-order valence-electron chi connectivity index (χ2n) is 7.81. The Bertz CT molecular complexity index is 1210. The Kier molecular flexibility index (Phi) is 6.77. The number of para-hydroxylation sites is 3. The van der Waals surface area contributed by atoms with Crippen molar-refractivity contribution in [2.24, 2.45) is 0 Å². The fourth-order valence-electron chi connectivity index (χ4n) is 3.75. The minimum atomic E-state index is -0.436. The molecule has 0 bridgehead atoms. The van der Waals surface area contributed by atoms with Gasteiger partial charge in [-0.05, 0) is 61.9 Å². The lowest BCUT2D eigenvalue weighted by molar-refractivity contribution is -0.120. The lowest BCUT2D eigenvalue weighted by Crippen LogP contribution is -2.51. The first-order valence-corrected chi connectivity index (χ1v) is 11.0. The average Bonchev–Trinajstić information content (AvgIpc) is 2.83. The minimum Gasteiger partial charge on any atom is -0.494 e. The summed E-state index contributed by atoms with van der Waals surface area (Å²) in [7, 11) is 0. The maximum Gasteiger partial charge on any atom is 0.326 e. The Morgan fingerprint density at radius 2 is 1.59 bits per heavy atom. The SMILES string of the molecule is CCOc1ccc(NC(=O)N2CC(=O)N(CC(=O)Nc3ccccc3C)c3ccccc32)cc1. The number of benzene rings is 3. The molecule has 0 atom stereocenters. The minimum absolute atomic E-state index is 0.154. The maximum absolute atomic E-state index is 13.0. The molecular formula is C26H26N4O4. The molecular weight excluding hydrogens is 432 g/mol. The number of amides is 4. The molecule has 2 N–H and O–H groups in total. The largest absolute Gasteiger partial charge is 0.494 e. The molecule has 4 amide bonds. The molecule has 3 aromatic carbocycles. The van der Waals surface area contributed by atoms with Gasteiger partial charge in [0.25, 0.3) is 0 Å². The number of carbonyl (C=O) groups excluding carboxylic acids is 3. The molecule has 0 aliphatic carbocycles. The number of hydrogen-bond acceptors (Lipinski definition) is 4. The number of aryl methyl sites for hydroxylation is 1. The molecule has 3 aromatic rings.